The van der Waals surface area contributed by atoms with E-state index in [-0.39, 0.29) is 17.6 Å². The van der Waals surface area contributed by atoms with Crippen LogP contribution in [0.2, 0.25) is 0 Å². The van der Waals surface area contributed by atoms with Gasteiger partial charge in [0.2, 0.25) is 0 Å². The van der Waals surface area contributed by atoms with Gasteiger partial charge in [-0.3, -0.25) is 0 Å². The molecule has 2 rings (SSSR count). The number of nitrogens with two attached hydrogens (primary N) is 1. The summed E-state index contributed by atoms with van der Waals surface area (Å²) in [5.41, 5.74) is 7.53. The van der Waals surface area contributed by atoms with E-state index in [0.29, 0.717) is 13.0 Å². The Kier molecular flexibility index (Phi) is 5.17. The second-order valence-electron chi connectivity index (χ2n) is 5.05. The summed E-state index contributed by atoms with van der Waals surface area (Å²) in [6, 6.07) is 12.4. The molecule has 21 heavy (non-hydrogen) atoms. The highest BCUT2D eigenvalue weighted by Gasteiger charge is 2.11. The third-order valence-corrected chi connectivity index (χ3v) is 3.13. The first-order valence-corrected chi connectivity index (χ1v) is 6.89. The number of rotatable bonds is 6. The molecule has 0 bridgehead atoms. The SMILES string of the molecule is COc1ccc(COc2c(F)cccc2CC(C)N)cc1. The number of benzene rings is 2. The first kappa shape index (κ1) is 15.3. The molecule has 0 amide bonds. The van der Waals surface area contributed by atoms with Crippen LogP contribution in [0, 0.1) is 5.82 Å². The Bertz CT molecular complexity index is 582. The fourth-order valence-corrected chi connectivity index (χ4v) is 2.10. The minimum Gasteiger partial charge on any atom is -0.497 e. The van der Waals surface area contributed by atoms with Crippen molar-refractivity contribution in [3.8, 4) is 11.5 Å². The average Bonchev–Trinajstić information content (AvgIpc) is 2.46. The second-order valence-corrected chi connectivity index (χ2v) is 5.05. The Hall–Kier alpha value is -2.07. The molecule has 0 saturated heterocycles. The standard InChI is InChI=1S/C17H20FNO2/c1-12(19)10-14-4-3-5-16(18)17(14)21-11-13-6-8-15(20-2)9-7-13/h3-9,12H,10-11,19H2,1-2H3. The predicted molar refractivity (Wildman–Crippen MR) is 81.1 cm³/mol. The van der Waals surface area contributed by atoms with Crippen LogP contribution in [0.25, 0.3) is 0 Å². The van der Waals surface area contributed by atoms with Crippen LogP contribution >= 0.6 is 0 Å². The van der Waals surface area contributed by atoms with E-state index in [4.69, 9.17) is 15.2 Å². The van der Waals surface area contributed by atoms with Crippen molar-refractivity contribution < 1.29 is 13.9 Å². The first-order valence-electron chi connectivity index (χ1n) is 6.89. The van der Waals surface area contributed by atoms with Crippen molar-refractivity contribution in [1.82, 2.24) is 0 Å². The molecule has 0 heterocycles. The van der Waals surface area contributed by atoms with Gasteiger partial charge in [-0.15, -0.1) is 0 Å². The van der Waals surface area contributed by atoms with E-state index < -0.39 is 0 Å². The van der Waals surface area contributed by atoms with Crippen LogP contribution in [0.4, 0.5) is 4.39 Å². The second kappa shape index (κ2) is 7.09. The van der Waals surface area contributed by atoms with Gasteiger partial charge in [-0.25, -0.2) is 4.39 Å². The van der Waals surface area contributed by atoms with Gasteiger partial charge in [0.25, 0.3) is 0 Å². The zero-order chi connectivity index (χ0) is 15.2. The van der Waals surface area contributed by atoms with E-state index in [0.717, 1.165) is 16.9 Å². The van der Waals surface area contributed by atoms with E-state index in [1.54, 1.807) is 13.2 Å². The van der Waals surface area contributed by atoms with E-state index in [1.165, 1.54) is 6.07 Å². The Morgan fingerprint density at radius 3 is 2.48 bits per heavy atom. The molecule has 0 aliphatic rings. The molecule has 0 aromatic heterocycles. The molecule has 0 radical (unpaired) electrons. The maximum atomic E-state index is 13.9. The molecule has 1 unspecified atom stereocenters. The Morgan fingerprint density at radius 1 is 1.14 bits per heavy atom. The molecule has 2 aromatic carbocycles. The molecule has 0 fully saturated rings. The lowest BCUT2D eigenvalue weighted by molar-refractivity contribution is 0.286. The number of halogens is 1. The third-order valence-electron chi connectivity index (χ3n) is 3.13. The Balaban J connectivity index is 2.11. The molecule has 0 aliphatic heterocycles. The van der Waals surface area contributed by atoms with E-state index >= 15 is 0 Å². The zero-order valence-corrected chi connectivity index (χ0v) is 12.3. The Morgan fingerprint density at radius 2 is 1.86 bits per heavy atom. The smallest absolute Gasteiger partial charge is 0.165 e. The van der Waals surface area contributed by atoms with Crippen molar-refractivity contribution in [1.29, 1.82) is 0 Å². The van der Waals surface area contributed by atoms with Gasteiger partial charge in [0.1, 0.15) is 12.4 Å². The molecular weight excluding hydrogens is 269 g/mol. The highest BCUT2D eigenvalue weighted by molar-refractivity contribution is 5.36. The summed E-state index contributed by atoms with van der Waals surface area (Å²) in [4.78, 5) is 0. The van der Waals surface area contributed by atoms with Crippen LogP contribution in [-0.4, -0.2) is 13.2 Å². The normalized spacial score (nSPS) is 12.0. The van der Waals surface area contributed by atoms with E-state index in [1.807, 2.05) is 37.3 Å². The number of methoxy groups -OCH3 is 1. The fraction of sp³-hybridized carbons (Fsp3) is 0.294. The summed E-state index contributed by atoms with van der Waals surface area (Å²) < 4.78 is 24.7. The van der Waals surface area contributed by atoms with Crippen LogP contribution in [0.1, 0.15) is 18.1 Å². The van der Waals surface area contributed by atoms with Crippen LogP contribution in [0.15, 0.2) is 42.5 Å². The molecule has 3 nitrogen and oxygen atoms in total. The van der Waals surface area contributed by atoms with Crippen molar-refractivity contribution in [3.63, 3.8) is 0 Å². The maximum Gasteiger partial charge on any atom is 0.165 e. The molecule has 2 aromatic rings. The van der Waals surface area contributed by atoms with Crippen molar-refractivity contribution in [3.05, 3.63) is 59.4 Å². The third kappa shape index (κ3) is 4.20. The van der Waals surface area contributed by atoms with Gasteiger partial charge in [0, 0.05) is 6.04 Å². The van der Waals surface area contributed by atoms with E-state index in [9.17, 15) is 4.39 Å². The minimum absolute atomic E-state index is 0.0462. The number of hydrogen-bond donors (Lipinski definition) is 1. The summed E-state index contributed by atoms with van der Waals surface area (Å²) in [7, 11) is 1.62. The predicted octanol–water partition coefficient (Wildman–Crippen LogP) is 3.30. The van der Waals surface area contributed by atoms with Gasteiger partial charge in [-0.05, 0) is 42.7 Å². The molecule has 0 saturated carbocycles. The van der Waals surface area contributed by atoms with E-state index in [2.05, 4.69) is 0 Å². The molecule has 1 atom stereocenters. The van der Waals surface area contributed by atoms with Crippen LogP contribution in [-0.2, 0) is 13.0 Å². The van der Waals surface area contributed by atoms with Gasteiger partial charge in [0.05, 0.1) is 7.11 Å². The lowest BCUT2D eigenvalue weighted by Gasteiger charge is -2.14. The maximum absolute atomic E-state index is 13.9. The number of para-hydroxylation sites is 1. The van der Waals surface area contributed by atoms with Gasteiger partial charge in [0.15, 0.2) is 11.6 Å². The summed E-state index contributed by atoms with van der Waals surface area (Å²) >= 11 is 0. The topological polar surface area (TPSA) is 44.5 Å². The Labute approximate surface area is 124 Å². The average molecular weight is 289 g/mol. The van der Waals surface area contributed by atoms with Crippen LogP contribution < -0.4 is 15.2 Å². The number of ether oxygens (including phenoxy) is 2. The molecule has 0 spiro atoms. The summed E-state index contributed by atoms with van der Waals surface area (Å²) in [5.74, 6) is 0.703. The van der Waals surface area contributed by atoms with Gasteiger partial charge in [-0.2, -0.15) is 0 Å². The highest BCUT2D eigenvalue weighted by atomic mass is 19.1. The molecule has 112 valence electrons. The molecule has 2 N–H and O–H groups in total. The molecule has 0 aliphatic carbocycles. The lowest BCUT2D eigenvalue weighted by atomic mass is 10.1. The molecule has 4 heteroatoms. The van der Waals surface area contributed by atoms with Crippen molar-refractivity contribution in [2.45, 2.75) is 26.0 Å². The highest BCUT2D eigenvalue weighted by Crippen LogP contribution is 2.25. The quantitative estimate of drug-likeness (QED) is 0.887. The summed E-state index contributed by atoms with van der Waals surface area (Å²) in [5, 5.41) is 0. The van der Waals surface area contributed by atoms with Gasteiger partial charge < -0.3 is 15.2 Å². The van der Waals surface area contributed by atoms with Crippen LogP contribution in [0.3, 0.4) is 0 Å². The van der Waals surface area contributed by atoms with Crippen molar-refractivity contribution in [2.24, 2.45) is 5.73 Å². The number of hydrogen-bond acceptors (Lipinski definition) is 3. The van der Waals surface area contributed by atoms with Crippen LogP contribution in [0.5, 0.6) is 11.5 Å². The molecular formula is C17H20FNO2. The van der Waals surface area contributed by atoms with Crippen molar-refractivity contribution >= 4 is 0 Å². The monoisotopic (exact) mass is 289 g/mol. The first-order chi connectivity index (χ1) is 10.1. The van der Waals surface area contributed by atoms with Gasteiger partial charge in [-0.1, -0.05) is 24.3 Å². The lowest BCUT2D eigenvalue weighted by Crippen LogP contribution is -2.18. The summed E-state index contributed by atoms with van der Waals surface area (Å²) in [6.07, 6.45) is 0.579. The largest absolute Gasteiger partial charge is 0.497 e. The fourth-order valence-electron chi connectivity index (χ4n) is 2.10. The van der Waals surface area contributed by atoms with Crippen molar-refractivity contribution in [2.75, 3.05) is 7.11 Å². The summed E-state index contributed by atoms with van der Waals surface area (Å²) in [6.45, 7) is 2.19. The minimum atomic E-state index is -0.360. The van der Waals surface area contributed by atoms with Gasteiger partial charge >= 0.3 is 0 Å². The zero-order valence-electron chi connectivity index (χ0n) is 12.3.